The van der Waals surface area contributed by atoms with Crippen molar-refractivity contribution in [1.82, 2.24) is 30.4 Å². The number of imidazole rings is 1. The first kappa shape index (κ1) is 43.6. The van der Waals surface area contributed by atoms with Gasteiger partial charge in [0.2, 0.25) is 11.8 Å². The number of methoxy groups -OCH3 is 4. The first-order valence-electron chi connectivity index (χ1n) is 21.7. The van der Waals surface area contributed by atoms with Crippen molar-refractivity contribution in [2.45, 2.75) is 96.3 Å². The van der Waals surface area contributed by atoms with Crippen molar-refractivity contribution >= 4 is 46.2 Å². The van der Waals surface area contributed by atoms with Crippen LogP contribution in [0, 0.1) is 11.8 Å². The Morgan fingerprint density at radius 2 is 1.67 bits per heavy atom. The number of rotatable bonds is 12. The molecule has 1 aromatic heterocycles. The Balaban J connectivity index is 1.02. The smallest absolute Gasteiger partial charge is 0.407 e. The van der Waals surface area contributed by atoms with Crippen LogP contribution in [0.15, 0.2) is 53.7 Å². The third-order valence-electron chi connectivity index (χ3n) is 13.2. The van der Waals surface area contributed by atoms with Gasteiger partial charge in [0.05, 0.1) is 56.6 Å². The summed E-state index contributed by atoms with van der Waals surface area (Å²) in [5, 5.41) is 7.60. The van der Waals surface area contributed by atoms with Gasteiger partial charge < -0.3 is 49.1 Å². The first-order valence-corrected chi connectivity index (χ1v) is 21.7. The van der Waals surface area contributed by atoms with Crippen LogP contribution in [0.25, 0.3) is 33.2 Å². The molecule has 4 aliphatic rings. The number of aromatic nitrogens is 2. The summed E-state index contributed by atoms with van der Waals surface area (Å²) in [5.74, 6) is 0.955. The van der Waals surface area contributed by atoms with Gasteiger partial charge in [-0.3, -0.25) is 14.6 Å². The summed E-state index contributed by atoms with van der Waals surface area (Å²) >= 11 is 0. The van der Waals surface area contributed by atoms with E-state index in [0.29, 0.717) is 38.4 Å². The van der Waals surface area contributed by atoms with Gasteiger partial charge in [-0.25, -0.2) is 14.6 Å². The van der Waals surface area contributed by atoms with Crippen molar-refractivity contribution in [2.24, 2.45) is 16.8 Å². The number of aromatic amines is 1. The van der Waals surface area contributed by atoms with E-state index in [4.69, 9.17) is 33.7 Å². The molecule has 0 bridgehead atoms. The number of nitrogens with one attached hydrogen (secondary N) is 3. The van der Waals surface area contributed by atoms with Gasteiger partial charge in [-0.1, -0.05) is 26.0 Å². The number of aliphatic imine (C=N–C) groups is 1. The third-order valence-corrected chi connectivity index (χ3v) is 13.2. The van der Waals surface area contributed by atoms with Crippen molar-refractivity contribution in [3.63, 3.8) is 0 Å². The van der Waals surface area contributed by atoms with Crippen LogP contribution in [-0.4, -0.2) is 121 Å². The van der Waals surface area contributed by atoms with Gasteiger partial charge in [0.15, 0.2) is 0 Å². The number of alkyl carbamates (subject to hydrolysis) is 2. The molecule has 5 heterocycles. The molecule has 0 unspecified atom stereocenters. The second-order valence-corrected chi connectivity index (χ2v) is 17.4. The Bertz CT molecular complexity index is 2450. The standard InChI is InChI=1S/C47H57N7O9/c1-24(2)41(51-46(57)61-7)44(55)53-21-27(22-59-5)15-39(53)43-48-20-37(50-43)29-10-12-31-33-16-28-11-13-35-34(32(28)17-30(33)23-63-40(31)18-29)19-36(49-35)38-14-9-25(3)54(38)45(56)42(26(4)60-6)52-47(58)62-8/h10-13,16-18,20,24-27,38-39,41-42H,9,14-15,19,21-23H2,1-8H3,(H,48,50)(H,51,57)(H,52,58)/t25-,26+,27-,38-,39-,41-,42-/m0/s1. The van der Waals surface area contributed by atoms with Crippen LogP contribution >= 0.6 is 0 Å². The number of carbonyl (C=O) groups excluding carboxylic acids is 4. The van der Waals surface area contributed by atoms with Crippen LogP contribution < -0.4 is 15.4 Å². The summed E-state index contributed by atoms with van der Waals surface area (Å²) in [6, 6.07) is 12.5. The van der Waals surface area contributed by atoms with E-state index in [2.05, 4.69) is 52.0 Å². The van der Waals surface area contributed by atoms with Gasteiger partial charge in [0.25, 0.3) is 0 Å². The highest BCUT2D eigenvalue weighted by Crippen LogP contribution is 2.45. The van der Waals surface area contributed by atoms with Crippen LogP contribution in [0.3, 0.4) is 0 Å². The molecule has 2 saturated heterocycles. The van der Waals surface area contributed by atoms with Gasteiger partial charge in [-0.15, -0.1) is 0 Å². The van der Waals surface area contributed by atoms with Gasteiger partial charge >= 0.3 is 12.2 Å². The van der Waals surface area contributed by atoms with Crippen LogP contribution in [0.1, 0.15) is 70.0 Å². The molecule has 4 aliphatic heterocycles. The lowest BCUT2D eigenvalue weighted by Gasteiger charge is -2.34. The number of amides is 4. The minimum Gasteiger partial charge on any atom is -0.488 e. The molecule has 0 aliphatic carbocycles. The zero-order valence-electron chi connectivity index (χ0n) is 37.2. The number of nitrogens with zero attached hydrogens (tertiary/aromatic N) is 4. The quantitative estimate of drug-likeness (QED) is 0.143. The van der Waals surface area contributed by atoms with E-state index in [1.54, 1.807) is 25.1 Å². The van der Waals surface area contributed by atoms with Crippen molar-refractivity contribution in [1.29, 1.82) is 0 Å². The molecule has 63 heavy (non-hydrogen) atoms. The monoisotopic (exact) mass is 863 g/mol. The van der Waals surface area contributed by atoms with Crippen molar-refractivity contribution in [3.05, 3.63) is 65.6 Å². The summed E-state index contributed by atoms with van der Waals surface area (Å²) in [4.78, 5) is 69.5. The first-order chi connectivity index (χ1) is 30.3. The zero-order valence-corrected chi connectivity index (χ0v) is 37.2. The summed E-state index contributed by atoms with van der Waals surface area (Å²) in [5.41, 5.74) is 7.81. The maximum atomic E-state index is 14.1. The van der Waals surface area contributed by atoms with Gasteiger partial charge in [0.1, 0.15) is 30.3 Å². The second-order valence-electron chi connectivity index (χ2n) is 17.4. The molecule has 4 amide bonds. The normalized spacial score (nSPS) is 21.5. The van der Waals surface area contributed by atoms with Crippen LogP contribution in [0.5, 0.6) is 5.75 Å². The zero-order chi connectivity index (χ0) is 44.7. The Labute approximate surface area is 367 Å². The summed E-state index contributed by atoms with van der Waals surface area (Å²) < 4.78 is 27.1. The average Bonchev–Trinajstić information content (AvgIpc) is 4.11. The average molecular weight is 864 g/mol. The largest absolute Gasteiger partial charge is 0.488 e. The van der Waals surface area contributed by atoms with Gasteiger partial charge in [-0.2, -0.15) is 0 Å². The predicted molar refractivity (Wildman–Crippen MR) is 236 cm³/mol. The fraction of sp³-hybridized carbons (Fsp3) is 0.489. The Kier molecular flexibility index (Phi) is 12.5. The number of ether oxygens (including phenoxy) is 5. The molecule has 3 aromatic carbocycles. The highest BCUT2D eigenvalue weighted by molar-refractivity contribution is 6.06. The van der Waals surface area contributed by atoms with Crippen LogP contribution in [0.2, 0.25) is 0 Å². The second kappa shape index (κ2) is 18.0. The number of hydrogen-bond donors (Lipinski definition) is 3. The predicted octanol–water partition coefficient (Wildman–Crippen LogP) is 6.47. The van der Waals surface area contributed by atoms with E-state index >= 15 is 0 Å². The molecule has 2 fully saturated rings. The molecule has 334 valence electrons. The lowest BCUT2D eigenvalue weighted by atomic mass is 9.90. The molecule has 0 spiro atoms. The number of H-pyrrole nitrogens is 1. The molecule has 7 atom stereocenters. The molecule has 8 rings (SSSR count). The van der Waals surface area contributed by atoms with Crippen molar-refractivity contribution < 1.29 is 42.9 Å². The molecular formula is C47H57N7O9. The SMILES string of the molecule is COC[C@H]1C[C@@H](c2ncc(-c3ccc4c(c3)OCc3cc5c6c(ccc5cc3-4)N=C([C@@H]3CC[C@H](C)N3C(=O)[C@@H](NC(=O)OC)[C@@H](C)OC)C6)[nH]2)N(C(=O)[C@@H](NC(=O)OC)C(C)C)C1. The van der Waals surface area contributed by atoms with E-state index < -0.39 is 30.4 Å². The molecular weight excluding hydrogens is 807 g/mol. The number of likely N-dealkylation sites (tertiary alicyclic amines) is 2. The molecule has 0 radical (unpaired) electrons. The fourth-order valence-electron chi connectivity index (χ4n) is 9.74. The highest BCUT2D eigenvalue weighted by atomic mass is 16.5. The lowest BCUT2D eigenvalue weighted by molar-refractivity contribution is -0.138. The highest BCUT2D eigenvalue weighted by Gasteiger charge is 2.44. The van der Waals surface area contributed by atoms with Crippen molar-refractivity contribution in [3.8, 4) is 28.1 Å². The van der Waals surface area contributed by atoms with Gasteiger partial charge in [-0.05, 0) is 96.8 Å². The third kappa shape index (κ3) is 8.33. The van der Waals surface area contributed by atoms with Crippen molar-refractivity contribution in [2.75, 3.05) is 41.6 Å². The Morgan fingerprint density at radius 1 is 0.905 bits per heavy atom. The van der Waals surface area contributed by atoms with E-state index in [0.717, 1.165) is 74.3 Å². The number of carbonyl (C=O) groups is 4. The number of hydrogen-bond acceptors (Lipinski definition) is 11. The molecule has 3 N–H and O–H groups in total. The molecule has 16 heteroatoms. The maximum Gasteiger partial charge on any atom is 0.407 e. The van der Waals surface area contributed by atoms with E-state index in [-0.39, 0.29) is 41.8 Å². The van der Waals surface area contributed by atoms with Crippen LogP contribution in [-0.2, 0) is 41.6 Å². The number of benzene rings is 3. The lowest BCUT2D eigenvalue weighted by Crippen LogP contribution is -2.57. The topological polar surface area (TPSA) is 186 Å². The van der Waals surface area contributed by atoms with E-state index in [9.17, 15) is 19.2 Å². The Morgan fingerprint density at radius 3 is 2.38 bits per heavy atom. The summed E-state index contributed by atoms with van der Waals surface area (Å²) in [6.45, 7) is 8.93. The minimum atomic E-state index is -0.908. The summed E-state index contributed by atoms with van der Waals surface area (Å²) in [6.07, 6.45) is 2.74. The van der Waals surface area contributed by atoms with E-state index in [1.165, 1.54) is 21.3 Å². The molecule has 16 nitrogen and oxygen atoms in total. The molecule has 4 aromatic rings. The van der Waals surface area contributed by atoms with E-state index in [1.807, 2.05) is 31.7 Å². The van der Waals surface area contributed by atoms with Gasteiger partial charge in [0, 0.05) is 56.0 Å². The Hall–Kier alpha value is -6.00. The number of fused-ring (bicyclic) bond motifs is 6. The molecule has 0 saturated carbocycles. The fourth-order valence-corrected chi connectivity index (χ4v) is 9.74. The minimum absolute atomic E-state index is 0.0419. The maximum absolute atomic E-state index is 14.1. The van der Waals surface area contributed by atoms with Crippen LogP contribution in [0.4, 0.5) is 15.3 Å². The summed E-state index contributed by atoms with van der Waals surface area (Å²) in [7, 11) is 5.73.